The first-order valence-electron chi connectivity index (χ1n) is 12.6. The number of ether oxygens (including phenoxy) is 1. The fraction of sp³-hybridized carbons (Fsp3) is 0.533. The zero-order chi connectivity index (χ0) is 26.4. The van der Waals surface area contributed by atoms with Gasteiger partial charge in [-0.15, -0.1) is 11.8 Å². The molecule has 2 unspecified atom stereocenters. The number of allylic oxidation sites excluding steroid dienone is 4. The van der Waals surface area contributed by atoms with Gasteiger partial charge >= 0.3 is 0 Å². The Balaban J connectivity index is 2.38. The van der Waals surface area contributed by atoms with Crippen LogP contribution in [0.5, 0.6) is 5.75 Å². The number of hydrogen-bond acceptors (Lipinski definition) is 4. The fourth-order valence-electron chi connectivity index (χ4n) is 4.29. The van der Waals surface area contributed by atoms with Gasteiger partial charge in [-0.05, 0) is 54.9 Å². The Labute approximate surface area is 216 Å². The summed E-state index contributed by atoms with van der Waals surface area (Å²) in [6.07, 6.45) is 12.3. The van der Waals surface area contributed by atoms with Crippen molar-refractivity contribution in [2.45, 2.75) is 72.0 Å². The summed E-state index contributed by atoms with van der Waals surface area (Å²) in [6.45, 7) is 14.4. The van der Waals surface area contributed by atoms with Gasteiger partial charge in [0, 0.05) is 36.1 Å². The number of Topliss-reactive ketones (excluding diaryl/α,β-unsaturated/α-hetero) is 1. The number of benzene rings is 1. The third-order valence-electron chi connectivity index (χ3n) is 6.87. The molecule has 1 amide bonds. The van der Waals surface area contributed by atoms with Crippen LogP contribution in [0.25, 0.3) is 0 Å². The zero-order valence-electron chi connectivity index (χ0n) is 23.0. The van der Waals surface area contributed by atoms with E-state index in [4.69, 9.17) is 4.74 Å². The van der Waals surface area contributed by atoms with Crippen LogP contribution in [-0.2, 0) is 15.0 Å². The Morgan fingerprint density at radius 3 is 2.29 bits per heavy atom. The van der Waals surface area contributed by atoms with E-state index in [0.717, 1.165) is 24.2 Å². The van der Waals surface area contributed by atoms with Crippen LogP contribution in [0, 0.1) is 18.3 Å². The second-order valence-electron chi connectivity index (χ2n) is 10.5. The highest BCUT2D eigenvalue weighted by Gasteiger charge is 2.39. The van der Waals surface area contributed by atoms with E-state index in [1.54, 1.807) is 25.1 Å². The van der Waals surface area contributed by atoms with Crippen molar-refractivity contribution < 1.29 is 14.3 Å². The molecule has 4 nitrogen and oxygen atoms in total. The molecule has 0 fully saturated rings. The summed E-state index contributed by atoms with van der Waals surface area (Å²) >= 11 is 1.90. The molecule has 0 radical (unpaired) electrons. The first kappa shape index (κ1) is 29.0. The summed E-state index contributed by atoms with van der Waals surface area (Å²) in [5.41, 5.74) is 1.78. The minimum Gasteiger partial charge on any atom is -0.486 e. The van der Waals surface area contributed by atoms with E-state index in [9.17, 15) is 9.59 Å². The highest BCUT2D eigenvalue weighted by Crippen LogP contribution is 2.52. The highest BCUT2D eigenvalue weighted by molar-refractivity contribution is 8.04. The van der Waals surface area contributed by atoms with E-state index >= 15 is 0 Å². The Morgan fingerprint density at radius 1 is 1.11 bits per heavy atom. The number of likely N-dealkylation sites (N-methyl/N-ethyl adjacent to an activating group) is 1. The molecule has 1 aliphatic rings. The normalized spacial score (nSPS) is 18.8. The number of nitrogens with zero attached hydrogens (tertiary/aromatic N) is 1. The SMILES string of the molecule is C/C=C\C1SC(C(CC)(CC)c2ccc(OCC(=O)C(C)(C)C)c(C)c2)=CC1/C=C/C(=O)N(C)C. The molecule has 0 spiro atoms. The number of hydrogen-bond donors (Lipinski definition) is 0. The minimum atomic E-state index is -0.411. The molecule has 0 aromatic heterocycles. The van der Waals surface area contributed by atoms with Gasteiger partial charge in [0.25, 0.3) is 0 Å². The number of amides is 1. The van der Waals surface area contributed by atoms with Crippen LogP contribution in [0.1, 0.15) is 65.5 Å². The molecule has 0 saturated heterocycles. The first-order chi connectivity index (χ1) is 16.4. The molecule has 2 atom stereocenters. The van der Waals surface area contributed by atoms with Gasteiger partial charge in [-0.3, -0.25) is 9.59 Å². The lowest BCUT2D eigenvalue weighted by Gasteiger charge is -2.34. The standard InChI is InChI=1S/C30H43NO3S/c1-10-13-25-22(14-17-28(33)31(8)9)19-27(35-25)30(11-2,12-3)23-15-16-24(21(4)18-23)34-20-26(32)29(5,6)7/h10,13-19,22,25H,11-12,20H2,1-9H3/b13-10-,17-14+. The van der Waals surface area contributed by atoms with Gasteiger partial charge in [-0.2, -0.15) is 0 Å². The molecule has 192 valence electrons. The Hall–Kier alpha value is -2.27. The number of ketones is 1. The van der Waals surface area contributed by atoms with Gasteiger partial charge in [-0.1, -0.05) is 71.1 Å². The monoisotopic (exact) mass is 497 g/mol. The average Bonchev–Trinajstić information content (AvgIpc) is 3.20. The average molecular weight is 498 g/mol. The third-order valence-corrected chi connectivity index (χ3v) is 8.40. The van der Waals surface area contributed by atoms with Crippen molar-refractivity contribution in [1.29, 1.82) is 0 Å². The number of rotatable bonds is 10. The van der Waals surface area contributed by atoms with E-state index in [0.29, 0.717) is 0 Å². The topological polar surface area (TPSA) is 46.6 Å². The second kappa shape index (κ2) is 12.1. The largest absolute Gasteiger partial charge is 0.486 e. The van der Waals surface area contributed by atoms with Crippen molar-refractivity contribution in [2.75, 3.05) is 20.7 Å². The van der Waals surface area contributed by atoms with Gasteiger partial charge < -0.3 is 9.64 Å². The summed E-state index contributed by atoms with van der Waals surface area (Å²) in [4.78, 5) is 27.4. The number of thioether (sulfide) groups is 1. The van der Waals surface area contributed by atoms with Crippen LogP contribution >= 0.6 is 11.8 Å². The third kappa shape index (κ3) is 6.91. The lowest BCUT2D eigenvalue weighted by atomic mass is 9.74. The number of aryl methyl sites for hydroxylation is 1. The second-order valence-corrected chi connectivity index (χ2v) is 11.8. The molecular weight excluding hydrogens is 454 g/mol. The first-order valence-corrected chi connectivity index (χ1v) is 13.5. The lowest BCUT2D eigenvalue weighted by molar-refractivity contribution is -0.128. The minimum absolute atomic E-state index is 0.00415. The van der Waals surface area contributed by atoms with Gasteiger partial charge in [0.15, 0.2) is 5.78 Å². The van der Waals surface area contributed by atoms with Crippen molar-refractivity contribution in [3.8, 4) is 5.75 Å². The lowest BCUT2D eigenvalue weighted by Crippen LogP contribution is -2.27. The molecule has 5 heteroatoms. The molecule has 2 rings (SSSR count). The van der Waals surface area contributed by atoms with E-state index in [1.165, 1.54) is 10.5 Å². The summed E-state index contributed by atoms with van der Waals surface area (Å²) in [5, 5.41) is 0.269. The Kier molecular flexibility index (Phi) is 10.0. The Morgan fingerprint density at radius 2 is 1.77 bits per heavy atom. The quantitative estimate of drug-likeness (QED) is 0.261. The molecule has 1 aromatic carbocycles. The molecule has 0 N–H and O–H groups in total. The number of carbonyl (C=O) groups is 2. The van der Waals surface area contributed by atoms with Crippen molar-refractivity contribution in [1.82, 2.24) is 4.90 Å². The van der Waals surface area contributed by atoms with Crippen molar-refractivity contribution in [3.05, 3.63) is 64.6 Å². The van der Waals surface area contributed by atoms with Crippen LogP contribution in [0.2, 0.25) is 0 Å². The van der Waals surface area contributed by atoms with Crippen LogP contribution in [0.3, 0.4) is 0 Å². The molecular formula is C30H43NO3S. The van der Waals surface area contributed by atoms with Crippen molar-refractivity contribution in [3.63, 3.8) is 0 Å². The smallest absolute Gasteiger partial charge is 0.245 e. The predicted molar refractivity (Wildman–Crippen MR) is 149 cm³/mol. The summed E-state index contributed by atoms with van der Waals surface area (Å²) in [5.74, 6) is 1.02. The summed E-state index contributed by atoms with van der Waals surface area (Å²) in [6, 6.07) is 6.38. The van der Waals surface area contributed by atoms with E-state index < -0.39 is 5.41 Å². The maximum atomic E-state index is 12.3. The zero-order valence-corrected chi connectivity index (χ0v) is 23.8. The van der Waals surface area contributed by atoms with Crippen molar-refractivity contribution >= 4 is 23.5 Å². The van der Waals surface area contributed by atoms with Crippen molar-refractivity contribution in [2.24, 2.45) is 11.3 Å². The molecule has 35 heavy (non-hydrogen) atoms. The van der Waals surface area contributed by atoms with Gasteiger partial charge in [0.05, 0.1) is 0 Å². The molecule has 0 aliphatic carbocycles. The van der Waals surface area contributed by atoms with Crippen LogP contribution in [0.4, 0.5) is 0 Å². The maximum Gasteiger partial charge on any atom is 0.245 e. The molecule has 1 aromatic rings. The highest BCUT2D eigenvalue weighted by atomic mass is 32.2. The predicted octanol–water partition coefficient (Wildman–Crippen LogP) is 6.88. The van der Waals surface area contributed by atoms with E-state index in [2.05, 4.69) is 44.2 Å². The Bertz CT molecular complexity index is 993. The molecule has 1 aliphatic heterocycles. The summed E-state index contributed by atoms with van der Waals surface area (Å²) in [7, 11) is 3.55. The van der Waals surface area contributed by atoms with Crippen LogP contribution in [-0.4, -0.2) is 42.5 Å². The van der Waals surface area contributed by atoms with Crippen LogP contribution in [0.15, 0.2) is 53.5 Å². The summed E-state index contributed by atoms with van der Waals surface area (Å²) < 4.78 is 5.90. The van der Waals surface area contributed by atoms with Gasteiger partial charge in [0.1, 0.15) is 12.4 Å². The van der Waals surface area contributed by atoms with E-state index in [-0.39, 0.29) is 34.9 Å². The van der Waals surface area contributed by atoms with Crippen LogP contribution < -0.4 is 4.74 Å². The van der Waals surface area contributed by atoms with E-state index in [1.807, 2.05) is 58.5 Å². The molecule has 0 bridgehead atoms. The van der Waals surface area contributed by atoms with Gasteiger partial charge in [-0.25, -0.2) is 0 Å². The number of carbonyl (C=O) groups excluding carboxylic acids is 2. The molecule has 0 saturated carbocycles. The maximum absolute atomic E-state index is 12.3. The fourth-order valence-corrected chi connectivity index (χ4v) is 6.01. The van der Waals surface area contributed by atoms with Gasteiger partial charge in [0.2, 0.25) is 5.91 Å². The molecule has 1 heterocycles.